The van der Waals surface area contributed by atoms with Gasteiger partial charge in [-0.3, -0.25) is 14.1 Å². The quantitative estimate of drug-likeness (QED) is 0.682. The predicted molar refractivity (Wildman–Crippen MR) is 105 cm³/mol. The van der Waals surface area contributed by atoms with Gasteiger partial charge < -0.3 is 0 Å². The normalized spacial score (nSPS) is 16.1. The third-order valence-corrected chi connectivity index (χ3v) is 5.43. The highest BCUT2D eigenvalue weighted by Gasteiger charge is 2.20. The number of pyridine rings is 1. The van der Waals surface area contributed by atoms with Crippen molar-refractivity contribution < 1.29 is 4.39 Å². The summed E-state index contributed by atoms with van der Waals surface area (Å²) in [4.78, 5) is 19.2. The molecule has 1 aliphatic rings. The number of benzene rings is 1. The Morgan fingerprint density at radius 1 is 1.11 bits per heavy atom. The summed E-state index contributed by atoms with van der Waals surface area (Å²) >= 11 is 5.95. The van der Waals surface area contributed by atoms with Crippen LogP contribution in [0.3, 0.4) is 0 Å². The van der Waals surface area contributed by atoms with Gasteiger partial charge in [-0.25, -0.2) is 9.37 Å². The third kappa shape index (κ3) is 4.37. The van der Waals surface area contributed by atoms with Gasteiger partial charge in [0.15, 0.2) is 0 Å². The number of aromatic nitrogens is 2. The lowest BCUT2D eigenvalue weighted by molar-refractivity contribution is 0.175. The summed E-state index contributed by atoms with van der Waals surface area (Å²) in [5.41, 5.74) is 2.49. The molecular weight excluding hydrogens is 365 g/mol. The molecule has 27 heavy (non-hydrogen) atoms. The zero-order valence-corrected chi connectivity index (χ0v) is 15.7. The summed E-state index contributed by atoms with van der Waals surface area (Å²) in [5, 5.41) is 0.516. The fourth-order valence-electron chi connectivity index (χ4n) is 3.74. The summed E-state index contributed by atoms with van der Waals surface area (Å²) in [6.45, 7) is 2.64. The van der Waals surface area contributed by atoms with Crippen molar-refractivity contribution >= 4 is 17.2 Å². The van der Waals surface area contributed by atoms with Crippen LogP contribution in [0.15, 0.2) is 53.5 Å². The number of likely N-dealkylation sites (tertiary alicyclic amines) is 1. The molecule has 1 fully saturated rings. The molecule has 0 N–H and O–H groups in total. The van der Waals surface area contributed by atoms with Crippen molar-refractivity contribution in [3.63, 3.8) is 0 Å². The number of nitrogens with zero attached hydrogens (tertiary/aromatic N) is 3. The maximum absolute atomic E-state index is 13.0. The van der Waals surface area contributed by atoms with E-state index in [1.54, 1.807) is 24.4 Å². The Morgan fingerprint density at radius 3 is 2.59 bits per heavy atom. The minimum atomic E-state index is -0.186. The molecule has 0 spiro atoms. The average Bonchev–Trinajstić information content (AvgIpc) is 2.66. The van der Waals surface area contributed by atoms with Crippen molar-refractivity contribution in [2.24, 2.45) is 5.92 Å². The minimum Gasteiger partial charge on any atom is -0.297 e. The lowest BCUT2D eigenvalue weighted by Crippen LogP contribution is -2.34. The maximum Gasteiger partial charge on any atom is 0.258 e. The SMILES string of the molecule is O=c1cc(CN2CCC(Cc3ccc(F)cc3)CC2)nc2ccc(Cl)cn12. The molecule has 0 amide bonds. The third-order valence-electron chi connectivity index (χ3n) is 5.21. The molecule has 0 radical (unpaired) electrons. The fraction of sp³-hybridized carbons (Fsp3) is 0.333. The van der Waals surface area contributed by atoms with Crippen molar-refractivity contribution in [1.29, 1.82) is 0 Å². The molecule has 1 aromatic carbocycles. The molecule has 0 bridgehead atoms. The molecule has 3 aromatic rings. The predicted octanol–water partition coefficient (Wildman–Crippen LogP) is 3.94. The fourth-order valence-corrected chi connectivity index (χ4v) is 3.90. The van der Waals surface area contributed by atoms with E-state index in [9.17, 15) is 9.18 Å². The van der Waals surface area contributed by atoms with Crippen LogP contribution >= 0.6 is 11.6 Å². The van der Waals surface area contributed by atoms with Gasteiger partial charge in [-0.15, -0.1) is 0 Å². The van der Waals surface area contributed by atoms with E-state index in [0.717, 1.165) is 38.0 Å². The van der Waals surface area contributed by atoms with Gasteiger partial charge >= 0.3 is 0 Å². The van der Waals surface area contributed by atoms with E-state index in [0.29, 0.717) is 23.1 Å². The van der Waals surface area contributed by atoms with Crippen LogP contribution < -0.4 is 5.56 Å². The van der Waals surface area contributed by atoms with Crippen molar-refractivity contribution in [2.75, 3.05) is 13.1 Å². The van der Waals surface area contributed by atoms with E-state index in [-0.39, 0.29) is 11.4 Å². The first kappa shape index (κ1) is 18.1. The lowest BCUT2D eigenvalue weighted by Gasteiger charge is -2.31. The topological polar surface area (TPSA) is 37.6 Å². The summed E-state index contributed by atoms with van der Waals surface area (Å²) < 4.78 is 14.5. The zero-order valence-electron chi connectivity index (χ0n) is 14.9. The van der Waals surface area contributed by atoms with Crippen molar-refractivity contribution in [3.05, 3.63) is 81.1 Å². The van der Waals surface area contributed by atoms with Crippen LogP contribution in [0.5, 0.6) is 0 Å². The Hall–Kier alpha value is -2.24. The Labute approximate surface area is 162 Å². The summed E-state index contributed by atoms with van der Waals surface area (Å²) in [6.07, 6.45) is 4.78. The van der Waals surface area contributed by atoms with Gasteiger partial charge in [-0.2, -0.15) is 0 Å². The van der Waals surface area contributed by atoms with Gasteiger partial charge in [0.1, 0.15) is 11.5 Å². The zero-order chi connectivity index (χ0) is 18.8. The summed E-state index contributed by atoms with van der Waals surface area (Å²) in [7, 11) is 0. The highest BCUT2D eigenvalue weighted by molar-refractivity contribution is 6.30. The van der Waals surface area contributed by atoms with Crippen LogP contribution in [0.1, 0.15) is 24.1 Å². The monoisotopic (exact) mass is 385 g/mol. The second-order valence-electron chi connectivity index (χ2n) is 7.21. The van der Waals surface area contributed by atoms with Crippen LogP contribution in [-0.2, 0) is 13.0 Å². The van der Waals surface area contributed by atoms with Gasteiger partial charge in [-0.05, 0) is 68.1 Å². The molecular formula is C21H21ClFN3O. The molecule has 4 rings (SSSR count). The molecule has 1 aliphatic heterocycles. The largest absolute Gasteiger partial charge is 0.297 e. The Balaban J connectivity index is 1.37. The average molecular weight is 386 g/mol. The Kier molecular flexibility index (Phi) is 5.23. The molecule has 6 heteroatoms. The molecule has 2 aromatic heterocycles. The Bertz CT molecular complexity index is 994. The first-order valence-corrected chi connectivity index (χ1v) is 9.59. The van der Waals surface area contributed by atoms with E-state index in [1.807, 2.05) is 12.1 Å². The molecule has 0 aliphatic carbocycles. The molecule has 1 saturated heterocycles. The highest BCUT2D eigenvalue weighted by atomic mass is 35.5. The summed E-state index contributed by atoms with van der Waals surface area (Å²) in [5.74, 6) is 0.429. The number of fused-ring (bicyclic) bond motifs is 1. The number of rotatable bonds is 4. The van der Waals surface area contributed by atoms with Crippen molar-refractivity contribution in [2.45, 2.75) is 25.8 Å². The van der Waals surface area contributed by atoms with E-state index in [1.165, 1.54) is 22.1 Å². The molecule has 3 heterocycles. The van der Waals surface area contributed by atoms with Crippen molar-refractivity contribution in [3.8, 4) is 0 Å². The van der Waals surface area contributed by atoms with Gasteiger partial charge in [0.05, 0.1) is 10.7 Å². The van der Waals surface area contributed by atoms with E-state index < -0.39 is 0 Å². The van der Waals surface area contributed by atoms with Crippen LogP contribution in [0.2, 0.25) is 5.02 Å². The smallest absolute Gasteiger partial charge is 0.258 e. The second kappa shape index (κ2) is 7.79. The van der Waals surface area contributed by atoms with Crippen LogP contribution in [-0.4, -0.2) is 27.4 Å². The van der Waals surface area contributed by atoms with Crippen molar-refractivity contribution in [1.82, 2.24) is 14.3 Å². The molecule has 0 atom stereocenters. The standard InChI is InChI=1S/C21H21ClFN3O/c22-17-3-6-20-24-19(12-21(27)26(20)13-17)14-25-9-7-16(8-10-25)11-15-1-4-18(23)5-2-15/h1-6,12-13,16H,7-11,14H2. The molecule has 4 nitrogen and oxygen atoms in total. The van der Waals surface area contributed by atoms with Crippen LogP contribution in [0, 0.1) is 11.7 Å². The van der Waals surface area contributed by atoms with Crippen LogP contribution in [0.25, 0.3) is 5.65 Å². The molecule has 0 saturated carbocycles. The van der Waals surface area contributed by atoms with E-state index >= 15 is 0 Å². The number of halogens is 2. The summed E-state index contributed by atoms with van der Waals surface area (Å²) in [6, 6.07) is 11.9. The van der Waals surface area contributed by atoms with E-state index in [4.69, 9.17) is 11.6 Å². The van der Waals surface area contributed by atoms with Crippen LogP contribution in [0.4, 0.5) is 4.39 Å². The first-order valence-electron chi connectivity index (χ1n) is 9.21. The highest BCUT2D eigenvalue weighted by Crippen LogP contribution is 2.22. The Morgan fingerprint density at radius 2 is 1.85 bits per heavy atom. The maximum atomic E-state index is 13.0. The van der Waals surface area contributed by atoms with Gasteiger partial charge in [-0.1, -0.05) is 23.7 Å². The first-order chi connectivity index (χ1) is 13.1. The number of piperidine rings is 1. The van der Waals surface area contributed by atoms with E-state index in [2.05, 4.69) is 9.88 Å². The van der Waals surface area contributed by atoms with Gasteiger partial charge in [0, 0.05) is 18.8 Å². The van der Waals surface area contributed by atoms with Gasteiger partial charge in [0.25, 0.3) is 5.56 Å². The van der Waals surface area contributed by atoms with Gasteiger partial charge in [0.2, 0.25) is 0 Å². The second-order valence-corrected chi connectivity index (χ2v) is 7.65. The lowest BCUT2D eigenvalue weighted by atomic mass is 9.90. The molecule has 0 unspecified atom stereocenters. The molecule has 140 valence electrons. The number of hydrogen-bond donors (Lipinski definition) is 0. The number of hydrogen-bond acceptors (Lipinski definition) is 3. The minimum absolute atomic E-state index is 0.108.